The molecular formula is C24H25N3O11P2-2. The van der Waals surface area contributed by atoms with Crippen LogP contribution in [0.25, 0.3) is 0 Å². The highest BCUT2D eigenvalue weighted by Crippen LogP contribution is 2.57. The van der Waals surface area contributed by atoms with Crippen LogP contribution >= 0.6 is 15.4 Å². The number of anilines is 1. The van der Waals surface area contributed by atoms with Crippen LogP contribution in [0, 0.1) is 5.92 Å². The number of benzene rings is 2. The molecule has 40 heavy (non-hydrogen) atoms. The van der Waals surface area contributed by atoms with Crippen LogP contribution in [0.5, 0.6) is 0 Å². The lowest BCUT2D eigenvalue weighted by molar-refractivity contribution is -0.234. The molecule has 3 unspecified atom stereocenters. The number of ether oxygens (including phenoxy) is 1. The van der Waals surface area contributed by atoms with E-state index in [4.69, 9.17) is 9.26 Å². The van der Waals surface area contributed by atoms with Gasteiger partial charge in [-0.2, -0.15) is 0 Å². The van der Waals surface area contributed by atoms with Gasteiger partial charge < -0.3 is 34.0 Å². The molecule has 0 bridgehead atoms. The van der Waals surface area contributed by atoms with Gasteiger partial charge in [-0.3, -0.25) is 28.0 Å². The molecule has 0 radical (unpaired) electrons. The Kier molecular flexibility index (Phi) is 9.34. The fourth-order valence-corrected chi connectivity index (χ4v) is 6.81. The molecule has 1 aliphatic heterocycles. The van der Waals surface area contributed by atoms with Crippen LogP contribution < -0.4 is 26.4 Å². The number of rotatable bonds is 11. The van der Waals surface area contributed by atoms with E-state index in [9.17, 15) is 38.4 Å². The van der Waals surface area contributed by atoms with Gasteiger partial charge >= 0.3 is 5.69 Å². The summed E-state index contributed by atoms with van der Waals surface area (Å²) in [5.74, 6) is -1.68. The first-order chi connectivity index (χ1) is 18.9. The lowest BCUT2D eigenvalue weighted by Crippen LogP contribution is -2.36. The lowest BCUT2D eigenvalue weighted by Gasteiger charge is -2.32. The first-order valence-electron chi connectivity index (χ1n) is 11.9. The number of aromatic nitrogens is 2. The number of aromatic amines is 1. The number of nitrogens with zero attached hydrogens (tertiary/aromatic N) is 1. The van der Waals surface area contributed by atoms with Gasteiger partial charge in [0.15, 0.2) is 6.23 Å². The summed E-state index contributed by atoms with van der Waals surface area (Å²) in [6.07, 6.45) is -4.31. The number of hydrogen-bond acceptors (Lipinski definition) is 11. The zero-order valence-electron chi connectivity index (χ0n) is 20.7. The topological polar surface area (TPSA) is 212 Å². The van der Waals surface area contributed by atoms with Crippen LogP contribution in [0.4, 0.5) is 5.69 Å². The van der Waals surface area contributed by atoms with Gasteiger partial charge in [-0.25, -0.2) is 4.79 Å². The largest absolute Gasteiger partial charge is 0.778 e. The normalized spacial score (nSPS) is 23.7. The molecule has 4 rings (SSSR count). The monoisotopic (exact) mass is 593 g/mol. The summed E-state index contributed by atoms with van der Waals surface area (Å²) in [6, 6.07) is 17.1. The SMILES string of the molecule is O=C(CC1[C@@H](COP(=O)([O-])OP(=O)([O-])Cc2ccccc2)O[C@@H](n2ccc(=O)[nH]c2=O)[C@H]1O)Nc1ccccc1. The van der Waals surface area contributed by atoms with Gasteiger partial charge in [0.05, 0.1) is 12.7 Å². The molecule has 1 fully saturated rings. The lowest BCUT2D eigenvalue weighted by atomic mass is 9.94. The minimum atomic E-state index is -5.45. The van der Waals surface area contributed by atoms with Gasteiger partial charge in [0.25, 0.3) is 13.4 Å². The van der Waals surface area contributed by atoms with Gasteiger partial charge in [0.2, 0.25) is 5.91 Å². The molecule has 6 atom stereocenters. The van der Waals surface area contributed by atoms with Crippen molar-refractivity contribution in [3.05, 3.63) is 99.3 Å². The molecule has 0 spiro atoms. The van der Waals surface area contributed by atoms with Crippen molar-refractivity contribution >= 4 is 27.0 Å². The van der Waals surface area contributed by atoms with Gasteiger partial charge in [-0.05, 0) is 17.7 Å². The summed E-state index contributed by atoms with van der Waals surface area (Å²) in [5.41, 5.74) is -0.864. The van der Waals surface area contributed by atoms with Crippen molar-refractivity contribution in [1.29, 1.82) is 0 Å². The van der Waals surface area contributed by atoms with Crippen LogP contribution in [0.15, 0.2) is 82.5 Å². The molecule has 0 aliphatic carbocycles. The number of carbonyl (C=O) groups excluding carboxylic acids is 1. The number of aliphatic hydroxyl groups is 1. The summed E-state index contributed by atoms with van der Waals surface area (Å²) in [7, 11) is -10.4. The van der Waals surface area contributed by atoms with Gasteiger partial charge in [0, 0.05) is 36.5 Å². The predicted octanol–water partition coefficient (Wildman–Crippen LogP) is 0.695. The molecule has 3 N–H and O–H groups in total. The molecule has 1 aliphatic rings. The van der Waals surface area contributed by atoms with Gasteiger partial charge in [0.1, 0.15) is 13.7 Å². The third kappa shape index (κ3) is 7.94. The van der Waals surface area contributed by atoms with E-state index in [-0.39, 0.29) is 0 Å². The minimum Gasteiger partial charge on any atom is -0.778 e. The molecule has 14 nitrogen and oxygen atoms in total. The Hall–Kier alpha value is -3.19. The van der Waals surface area contributed by atoms with E-state index < -0.39 is 76.1 Å². The fourth-order valence-electron chi connectivity index (χ4n) is 4.19. The number of hydrogen-bond donors (Lipinski definition) is 3. The van der Waals surface area contributed by atoms with Crippen molar-refractivity contribution in [3.8, 4) is 0 Å². The third-order valence-corrected chi connectivity index (χ3v) is 8.98. The van der Waals surface area contributed by atoms with E-state index in [1.165, 1.54) is 12.1 Å². The smallest absolute Gasteiger partial charge is 0.330 e. The van der Waals surface area contributed by atoms with Crippen LogP contribution in [0.1, 0.15) is 18.2 Å². The summed E-state index contributed by atoms with van der Waals surface area (Å²) in [5, 5.41) is 13.6. The molecule has 214 valence electrons. The number of phosphoric acid groups is 1. The van der Waals surface area contributed by atoms with E-state index in [2.05, 4.69) is 9.63 Å². The maximum atomic E-state index is 12.7. The van der Waals surface area contributed by atoms with Crippen LogP contribution in [-0.4, -0.2) is 39.4 Å². The standard InChI is InChI=1S/C24H27N3O11P2/c28-20-11-12-27(24(31)26-20)23-22(30)18(13-21(29)25-17-9-5-2-6-10-17)19(37-23)14-36-40(34,35)38-39(32,33)15-16-7-3-1-4-8-16/h1-12,18-19,22-23,30H,13-15H2,(H,25,29)(H,32,33)(H,34,35)(H,26,28,31)/p-2/t18?,19-,22+,23-/m1/s1. The molecule has 2 heterocycles. The molecular weight excluding hydrogens is 568 g/mol. The molecule has 0 saturated carbocycles. The number of phosphoric ester groups is 1. The Morgan fingerprint density at radius 2 is 1.70 bits per heavy atom. The molecule has 3 aromatic rings. The van der Waals surface area contributed by atoms with Crippen LogP contribution in [0.2, 0.25) is 0 Å². The first kappa shape index (κ1) is 29.8. The van der Waals surface area contributed by atoms with E-state index in [1.54, 1.807) is 48.5 Å². The zero-order valence-corrected chi connectivity index (χ0v) is 22.5. The molecule has 2 aromatic carbocycles. The van der Waals surface area contributed by atoms with E-state index in [0.29, 0.717) is 11.3 Å². The summed E-state index contributed by atoms with van der Waals surface area (Å²) >= 11 is 0. The van der Waals surface area contributed by atoms with Crippen LogP contribution in [-0.2, 0) is 33.7 Å². The number of aliphatic hydroxyl groups excluding tert-OH is 1. The highest BCUT2D eigenvalue weighted by atomic mass is 31.3. The summed E-state index contributed by atoms with van der Waals surface area (Å²) in [6.45, 7) is -0.846. The van der Waals surface area contributed by atoms with E-state index in [1.807, 2.05) is 4.98 Å². The Morgan fingerprint density at radius 1 is 1.05 bits per heavy atom. The number of para-hydroxylation sites is 1. The van der Waals surface area contributed by atoms with E-state index >= 15 is 0 Å². The Bertz CT molecular complexity index is 1530. The van der Waals surface area contributed by atoms with Crippen molar-refractivity contribution in [2.75, 3.05) is 11.9 Å². The van der Waals surface area contributed by atoms with Crippen molar-refractivity contribution in [3.63, 3.8) is 0 Å². The fraction of sp³-hybridized carbons (Fsp3) is 0.292. The molecule has 1 aromatic heterocycles. The number of nitrogens with one attached hydrogen (secondary N) is 2. The second kappa shape index (κ2) is 12.5. The average Bonchev–Trinajstić information content (AvgIpc) is 3.18. The molecule has 1 saturated heterocycles. The minimum absolute atomic E-state index is 0.293. The third-order valence-electron chi connectivity index (χ3n) is 5.97. The predicted molar refractivity (Wildman–Crippen MR) is 137 cm³/mol. The van der Waals surface area contributed by atoms with Gasteiger partial charge in [-0.1, -0.05) is 48.5 Å². The van der Waals surface area contributed by atoms with Crippen molar-refractivity contribution in [2.24, 2.45) is 5.92 Å². The summed E-state index contributed by atoms with van der Waals surface area (Å²) < 4.78 is 40.4. The Labute approximate surface area is 227 Å². The van der Waals surface area contributed by atoms with Crippen LogP contribution in [0.3, 0.4) is 0 Å². The highest BCUT2D eigenvalue weighted by molar-refractivity contribution is 7.62. The van der Waals surface area contributed by atoms with E-state index in [0.717, 1.165) is 16.8 Å². The first-order valence-corrected chi connectivity index (χ1v) is 15.1. The molecule has 1 amide bonds. The maximum absolute atomic E-state index is 12.7. The second-order valence-corrected chi connectivity index (χ2v) is 12.3. The highest BCUT2D eigenvalue weighted by Gasteiger charge is 2.46. The quantitative estimate of drug-likeness (QED) is 0.263. The number of carbonyl (C=O) groups is 1. The maximum Gasteiger partial charge on any atom is 0.330 e. The van der Waals surface area contributed by atoms with Crippen molar-refractivity contribution in [2.45, 2.75) is 31.0 Å². The second-order valence-electron chi connectivity index (χ2n) is 8.93. The molecule has 16 heteroatoms. The zero-order chi connectivity index (χ0) is 28.9. The average molecular weight is 593 g/mol. The number of amides is 1. The van der Waals surface area contributed by atoms with Crippen molar-refractivity contribution < 1.29 is 42.4 Å². The Balaban J connectivity index is 1.49. The Morgan fingerprint density at radius 3 is 2.35 bits per heavy atom. The summed E-state index contributed by atoms with van der Waals surface area (Å²) in [4.78, 5) is 63.2. The van der Waals surface area contributed by atoms with Crippen molar-refractivity contribution in [1.82, 2.24) is 9.55 Å². The van der Waals surface area contributed by atoms with Gasteiger partial charge in [-0.15, -0.1) is 0 Å². The number of H-pyrrole nitrogens is 1.